The molecule has 3 rings (SSSR count). The highest BCUT2D eigenvalue weighted by atomic mass is 127. The molecule has 0 radical (unpaired) electrons. The van der Waals surface area contributed by atoms with Gasteiger partial charge in [0.05, 0.1) is 18.8 Å². The molecule has 0 fully saturated rings. The number of thiazole rings is 1. The van der Waals surface area contributed by atoms with E-state index >= 15 is 0 Å². The Kier molecular flexibility index (Phi) is 10.3. The lowest BCUT2D eigenvalue weighted by Gasteiger charge is -2.21. The molecule has 0 bridgehead atoms. The van der Waals surface area contributed by atoms with Crippen molar-refractivity contribution < 1.29 is 9.84 Å². The van der Waals surface area contributed by atoms with Gasteiger partial charge in [-0.15, -0.1) is 35.3 Å². The second kappa shape index (κ2) is 12.5. The van der Waals surface area contributed by atoms with Crippen LogP contribution in [0.5, 0.6) is 5.75 Å². The van der Waals surface area contributed by atoms with Gasteiger partial charge in [-0.1, -0.05) is 12.1 Å². The second-order valence-corrected chi connectivity index (χ2v) is 8.68. The Morgan fingerprint density at radius 1 is 1.37 bits per heavy atom. The van der Waals surface area contributed by atoms with E-state index in [4.69, 9.17) is 9.72 Å². The minimum absolute atomic E-state index is 0. The van der Waals surface area contributed by atoms with Gasteiger partial charge in [-0.05, 0) is 57.2 Å². The number of halogens is 1. The van der Waals surface area contributed by atoms with Crippen LogP contribution >= 0.6 is 35.3 Å². The Morgan fingerprint density at radius 3 is 2.90 bits per heavy atom. The highest BCUT2D eigenvalue weighted by Gasteiger charge is 2.17. The molecule has 8 heteroatoms. The van der Waals surface area contributed by atoms with E-state index in [1.54, 1.807) is 0 Å². The molecular formula is C22H33IN4O2S. The van der Waals surface area contributed by atoms with E-state index in [1.165, 1.54) is 23.4 Å². The van der Waals surface area contributed by atoms with Crippen LogP contribution in [0, 0.1) is 6.92 Å². The fourth-order valence-electron chi connectivity index (χ4n) is 3.36. The van der Waals surface area contributed by atoms with Crippen molar-refractivity contribution in [3.8, 4) is 5.75 Å². The number of ether oxygens (including phenoxy) is 1. The van der Waals surface area contributed by atoms with Crippen molar-refractivity contribution in [2.45, 2.75) is 52.2 Å². The van der Waals surface area contributed by atoms with Crippen molar-refractivity contribution in [3.05, 3.63) is 45.4 Å². The second-order valence-electron chi connectivity index (χ2n) is 7.52. The number of nitrogens with zero attached hydrogens (tertiary/aromatic N) is 3. The Labute approximate surface area is 200 Å². The van der Waals surface area contributed by atoms with E-state index < -0.39 is 6.10 Å². The van der Waals surface area contributed by atoms with Crippen LogP contribution in [0.4, 0.5) is 0 Å². The van der Waals surface area contributed by atoms with Gasteiger partial charge in [-0.25, -0.2) is 4.98 Å². The monoisotopic (exact) mass is 544 g/mol. The molecule has 6 nitrogen and oxygen atoms in total. The lowest BCUT2D eigenvalue weighted by Crippen LogP contribution is -2.39. The summed E-state index contributed by atoms with van der Waals surface area (Å²) in [5.41, 5.74) is 2.42. The average molecular weight is 545 g/mol. The zero-order chi connectivity index (χ0) is 20.6. The molecule has 0 saturated carbocycles. The molecule has 1 heterocycles. The number of hydrogen-bond donors (Lipinski definition) is 2. The maximum atomic E-state index is 10.3. The van der Waals surface area contributed by atoms with Gasteiger partial charge in [0.15, 0.2) is 5.96 Å². The number of rotatable bonds is 8. The summed E-state index contributed by atoms with van der Waals surface area (Å²) >= 11 is 1.83. The number of aryl methyl sites for hydroxylation is 3. The molecule has 30 heavy (non-hydrogen) atoms. The predicted molar refractivity (Wildman–Crippen MR) is 134 cm³/mol. The molecule has 1 aliphatic carbocycles. The van der Waals surface area contributed by atoms with Crippen molar-refractivity contribution in [3.63, 3.8) is 0 Å². The van der Waals surface area contributed by atoms with Gasteiger partial charge in [0.1, 0.15) is 23.5 Å². The highest BCUT2D eigenvalue weighted by Crippen LogP contribution is 2.27. The molecule has 1 aliphatic rings. The summed E-state index contributed by atoms with van der Waals surface area (Å²) in [6, 6.07) is 7.82. The van der Waals surface area contributed by atoms with E-state index in [-0.39, 0.29) is 37.1 Å². The van der Waals surface area contributed by atoms with Crippen molar-refractivity contribution in [2.75, 3.05) is 26.7 Å². The summed E-state index contributed by atoms with van der Waals surface area (Å²) in [6.45, 7) is 6.06. The summed E-state index contributed by atoms with van der Waals surface area (Å²) < 4.78 is 5.68. The van der Waals surface area contributed by atoms with Crippen LogP contribution in [0.1, 0.15) is 40.9 Å². The number of aromatic nitrogens is 1. The molecule has 0 aliphatic heterocycles. The lowest BCUT2D eigenvalue weighted by atomic mass is 10.0. The van der Waals surface area contributed by atoms with Crippen LogP contribution in [0.15, 0.2) is 29.3 Å². The van der Waals surface area contributed by atoms with Crippen LogP contribution in [-0.2, 0) is 19.4 Å². The molecular weight excluding hydrogens is 511 g/mol. The zero-order valence-corrected chi connectivity index (χ0v) is 21.2. The van der Waals surface area contributed by atoms with Crippen LogP contribution in [0.3, 0.4) is 0 Å². The molecule has 1 aromatic heterocycles. The maximum Gasteiger partial charge on any atom is 0.194 e. The minimum Gasteiger partial charge on any atom is -0.491 e. The van der Waals surface area contributed by atoms with Crippen molar-refractivity contribution in [1.29, 1.82) is 0 Å². The van der Waals surface area contributed by atoms with Crippen LogP contribution in [0.2, 0.25) is 0 Å². The van der Waals surface area contributed by atoms with E-state index in [2.05, 4.69) is 15.2 Å². The van der Waals surface area contributed by atoms with Crippen LogP contribution in [0.25, 0.3) is 0 Å². The fraction of sp³-hybridized carbons (Fsp3) is 0.545. The first-order chi connectivity index (χ1) is 14.0. The number of benzene rings is 1. The van der Waals surface area contributed by atoms with E-state index in [9.17, 15) is 5.11 Å². The van der Waals surface area contributed by atoms with Gasteiger partial charge in [-0.2, -0.15) is 0 Å². The first-order valence-corrected chi connectivity index (χ1v) is 11.2. The average Bonchev–Trinajstić information content (AvgIpc) is 3.11. The SMILES string of the molecule is CCNC(=NCC(O)COc1cccc(C)c1)N(C)Cc1nc2c(s1)CCCC2.I. The van der Waals surface area contributed by atoms with Crippen LogP contribution in [-0.4, -0.2) is 53.8 Å². The number of aliphatic hydroxyl groups is 1. The van der Waals surface area contributed by atoms with Crippen molar-refractivity contribution in [1.82, 2.24) is 15.2 Å². The van der Waals surface area contributed by atoms with Gasteiger partial charge in [0.2, 0.25) is 0 Å². The summed E-state index contributed by atoms with van der Waals surface area (Å²) in [6.07, 6.45) is 4.13. The summed E-state index contributed by atoms with van der Waals surface area (Å²) in [7, 11) is 2.01. The largest absolute Gasteiger partial charge is 0.491 e. The van der Waals surface area contributed by atoms with Crippen molar-refractivity contribution >= 4 is 41.3 Å². The Bertz CT molecular complexity index is 804. The first kappa shape index (κ1) is 24.9. The molecule has 2 aromatic rings. The molecule has 1 aromatic carbocycles. The van der Waals surface area contributed by atoms with Gasteiger partial charge in [0.25, 0.3) is 0 Å². The summed E-state index contributed by atoms with van der Waals surface area (Å²) in [5.74, 6) is 1.54. The number of aliphatic imine (C=N–C) groups is 1. The maximum absolute atomic E-state index is 10.3. The third-order valence-electron chi connectivity index (χ3n) is 4.84. The Balaban J connectivity index is 0.00000320. The summed E-state index contributed by atoms with van der Waals surface area (Å²) in [4.78, 5) is 12.9. The molecule has 1 unspecified atom stereocenters. The fourth-order valence-corrected chi connectivity index (χ4v) is 4.57. The molecule has 1 atom stereocenters. The standard InChI is InChI=1S/C22H32N4O2S.HI/c1-4-23-22(24-13-17(27)15-28-18-9-7-8-16(2)12-18)26(3)14-21-25-19-10-5-6-11-20(19)29-21;/h7-9,12,17,27H,4-6,10-11,13-15H2,1-3H3,(H,23,24);1H. The topological polar surface area (TPSA) is 70.0 Å². The number of aliphatic hydroxyl groups excluding tert-OH is 1. The lowest BCUT2D eigenvalue weighted by molar-refractivity contribution is 0.114. The number of nitrogens with one attached hydrogen (secondary N) is 1. The van der Waals surface area contributed by atoms with Gasteiger partial charge in [0, 0.05) is 18.5 Å². The molecule has 0 saturated heterocycles. The van der Waals surface area contributed by atoms with Crippen molar-refractivity contribution in [2.24, 2.45) is 4.99 Å². The highest BCUT2D eigenvalue weighted by molar-refractivity contribution is 14.0. The van der Waals surface area contributed by atoms with E-state index in [0.29, 0.717) is 0 Å². The molecule has 0 spiro atoms. The normalized spacial score (nSPS) is 14.5. The molecule has 166 valence electrons. The third-order valence-corrected chi connectivity index (χ3v) is 5.98. The smallest absolute Gasteiger partial charge is 0.194 e. The number of fused-ring (bicyclic) bond motifs is 1. The first-order valence-electron chi connectivity index (χ1n) is 10.4. The number of hydrogen-bond acceptors (Lipinski definition) is 5. The quantitative estimate of drug-likeness (QED) is 0.301. The third kappa shape index (κ3) is 7.39. The Hall–Kier alpha value is -1.39. The molecule has 0 amide bonds. The van der Waals surface area contributed by atoms with Gasteiger partial charge in [-0.3, -0.25) is 4.99 Å². The van der Waals surface area contributed by atoms with E-state index in [1.807, 2.05) is 56.5 Å². The van der Waals surface area contributed by atoms with Gasteiger partial charge >= 0.3 is 0 Å². The van der Waals surface area contributed by atoms with Crippen LogP contribution < -0.4 is 10.1 Å². The van der Waals surface area contributed by atoms with Gasteiger partial charge < -0.3 is 20.1 Å². The molecule has 2 N–H and O–H groups in total. The van der Waals surface area contributed by atoms with E-state index in [0.717, 1.165) is 48.2 Å². The summed E-state index contributed by atoms with van der Waals surface area (Å²) in [5, 5.41) is 14.7. The Morgan fingerprint density at radius 2 is 2.17 bits per heavy atom. The number of guanidine groups is 1. The zero-order valence-electron chi connectivity index (χ0n) is 18.1. The minimum atomic E-state index is -0.662. The predicted octanol–water partition coefficient (Wildman–Crippen LogP) is 3.79.